The van der Waals surface area contributed by atoms with Crippen molar-refractivity contribution in [2.45, 2.75) is 137 Å². The maximum atomic E-state index is 11.6. The van der Waals surface area contributed by atoms with Crippen LogP contribution >= 0.6 is 0 Å². The fourth-order valence-corrected chi connectivity index (χ4v) is 5.70. The van der Waals surface area contributed by atoms with Gasteiger partial charge >= 0.3 is 11.9 Å². The molecule has 234 valence electrons. The van der Waals surface area contributed by atoms with Crippen LogP contribution in [0.25, 0.3) is 0 Å². The van der Waals surface area contributed by atoms with Crippen LogP contribution in [0.15, 0.2) is 12.2 Å². The highest BCUT2D eigenvalue weighted by atomic mass is 16.4. The minimum Gasteiger partial charge on any atom is -0.550 e. The molecule has 7 heteroatoms. The lowest BCUT2D eigenvalue weighted by molar-refractivity contribution is -0.934. The normalized spacial score (nSPS) is 15.5. The van der Waals surface area contributed by atoms with E-state index in [2.05, 4.69) is 19.1 Å². The molecule has 40 heavy (non-hydrogen) atoms. The van der Waals surface area contributed by atoms with Crippen LogP contribution in [0, 0.1) is 17.8 Å². The van der Waals surface area contributed by atoms with Gasteiger partial charge in [0.1, 0.15) is 11.8 Å². The van der Waals surface area contributed by atoms with E-state index in [-0.39, 0.29) is 24.1 Å². The van der Waals surface area contributed by atoms with Crippen molar-refractivity contribution in [3.05, 3.63) is 12.2 Å². The number of hydrogen-bond donors (Lipinski definition) is 2. The van der Waals surface area contributed by atoms with E-state index in [0.29, 0.717) is 6.54 Å². The topological polar surface area (TPSA) is 115 Å². The molecule has 0 aliphatic heterocycles. The Morgan fingerprint density at radius 3 is 1.32 bits per heavy atom. The summed E-state index contributed by atoms with van der Waals surface area (Å²) in [5, 5.41) is 30.5. The molecule has 2 N–H and O–H groups in total. The maximum absolute atomic E-state index is 11.6. The minimum atomic E-state index is -1.19. The van der Waals surface area contributed by atoms with Gasteiger partial charge in [-0.25, -0.2) is 0 Å². The molecule has 0 aliphatic carbocycles. The molecule has 0 radical (unpaired) electrons. The summed E-state index contributed by atoms with van der Waals surface area (Å²) in [7, 11) is 0. The number of carbonyl (C=O) groups excluding carboxylic acids is 1. The quantitative estimate of drug-likeness (QED) is 0.0608. The number of aliphatic carboxylic acids is 3. The van der Waals surface area contributed by atoms with E-state index in [1.54, 1.807) is 20.8 Å². The van der Waals surface area contributed by atoms with Crippen LogP contribution in [0.4, 0.5) is 0 Å². The fraction of sp³-hybridized carbons (Fsp3) is 0.848. The highest BCUT2D eigenvalue weighted by Gasteiger charge is 2.36. The van der Waals surface area contributed by atoms with Gasteiger partial charge in [0.05, 0.1) is 26.2 Å². The second kappa shape index (κ2) is 23.8. The minimum absolute atomic E-state index is 0.178. The van der Waals surface area contributed by atoms with E-state index < -0.39 is 35.7 Å². The summed E-state index contributed by atoms with van der Waals surface area (Å²) in [6.07, 6.45) is 25.6. The Morgan fingerprint density at radius 1 is 0.600 bits per heavy atom. The summed E-state index contributed by atoms with van der Waals surface area (Å²) in [5.74, 6) is -5.26. The Bertz CT molecular complexity index is 652. The Labute approximate surface area is 245 Å². The summed E-state index contributed by atoms with van der Waals surface area (Å²) in [6, 6.07) is 0. The highest BCUT2D eigenvalue weighted by molar-refractivity contribution is 5.70. The van der Waals surface area contributed by atoms with Crippen molar-refractivity contribution in [3.8, 4) is 0 Å². The summed E-state index contributed by atoms with van der Waals surface area (Å²) in [4.78, 5) is 34.7. The van der Waals surface area contributed by atoms with Gasteiger partial charge in [-0.15, -0.1) is 0 Å². The predicted molar refractivity (Wildman–Crippen MR) is 161 cm³/mol. The molecule has 0 aliphatic rings. The van der Waals surface area contributed by atoms with E-state index in [4.69, 9.17) is 0 Å². The van der Waals surface area contributed by atoms with Crippen molar-refractivity contribution in [2.75, 3.05) is 26.2 Å². The standard InChI is InChI=1S/C33H61NO6/c1-5-6-7-8-9-10-11-12-13-14-15-16-17-18-19-20-21-22-23-24-34(25-28(2)31(35)36,26-29(3)32(37)38)27-30(4)33(39)40/h16-17,28-30H,5-15,18-27H2,1-4H3,(H2-,35,36,37,38,39,40)/b17-16+. The monoisotopic (exact) mass is 567 g/mol. The number of carboxylic acid groups (broad SMARTS) is 3. The van der Waals surface area contributed by atoms with Crippen LogP contribution < -0.4 is 5.11 Å². The average Bonchev–Trinajstić information content (AvgIpc) is 2.89. The number of nitrogens with zero attached hydrogens (tertiary/aromatic N) is 1. The van der Waals surface area contributed by atoms with Gasteiger partial charge in [-0.05, 0) is 52.4 Å². The van der Waals surface area contributed by atoms with E-state index >= 15 is 0 Å². The third-order valence-electron chi connectivity index (χ3n) is 8.12. The molecule has 0 heterocycles. The molecule has 0 amide bonds. The number of allylic oxidation sites excluding steroid dienone is 2. The second-order valence-corrected chi connectivity index (χ2v) is 12.3. The molecule has 0 saturated heterocycles. The molecule has 0 aromatic rings. The lowest BCUT2D eigenvalue weighted by Crippen LogP contribution is -2.58. The van der Waals surface area contributed by atoms with Crippen molar-refractivity contribution in [1.82, 2.24) is 0 Å². The summed E-state index contributed by atoms with van der Waals surface area (Å²) in [6.45, 7) is 8.22. The SMILES string of the molecule is CCCCCCCCCCCC/C=C/CCCCCCC[N+](CC(C)C(=O)[O-])(CC(C)C(=O)O)CC(C)C(=O)O. The maximum Gasteiger partial charge on any atom is 0.311 e. The van der Waals surface area contributed by atoms with E-state index in [1.165, 1.54) is 70.6 Å². The zero-order chi connectivity index (χ0) is 30.2. The second-order valence-electron chi connectivity index (χ2n) is 12.3. The van der Waals surface area contributed by atoms with Gasteiger partial charge in [-0.3, -0.25) is 9.59 Å². The van der Waals surface area contributed by atoms with Gasteiger partial charge in [0.2, 0.25) is 0 Å². The molecular weight excluding hydrogens is 506 g/mol. The van der Waals surface area contributed by atoms with Gasteiger partial charge in [-0.1, -0.05) is 96.6 Å². The average molecular weight is 568 g/mol. The van der Waals surface area contributed by atoms with Crippen molar-refractivity contribution in [2.24, 2.45) is 17.8 Å². The molecule has 0 saturated carbocycles. The number of quaternary nitrogens is 1. The van der Waals surface area contributed by atoms with Crippen LogP contribution in [0.2, 0.25) is 0 Å². The van der Waals surface area contributed by atoms with Crippen molar-refractivity contribution < 1.29 is 34.2 Å². The highest BCUT2D eigenvalue weighted by Crippen LogP contribution is 2.22. The molecule has 0 aromatic heterocycles. The van der Waals surface area contributed by atoms with Gasteiger partial charge in [0, 0.05) is 11.9 Å². The molecule has 7 nitrogen and oxygen atoms in total. The van der Waals surface area contributed by atoms with Gasteiger partial charge in [-0.2, -0.15) is 0 Å². The predicted octanol–water partition coefficient (Wildman–Crippen LogP) is 6.84. The van der Waals surface area contributed by atoms with Crippen LogP contribution in [0.5, 0.6) is 0 Å². The zero-order valence-corrected chi connectivity index (χ0v) is 26.2. The first-order valence-electron chi connectivity index (χ1n) is 16.2. The van der Waals surface area contributed by atoms with Crippen LogP contribution in [0.3, 0.4) is 0 Å². The third kappa shape index (κ3) is 20.1. The zero-order valence-electron chi connectivity index (χ0n) is 26.2. The van der Waals surface area contributed by atoms with Gasteiger partial charge in [0.25, 0.3) is 0 Å². The smallest absolute Gasteiger partial charge is 0.311 e. The van der Waals surface area contributed by atoms with E-state index in [0.717, 1.165) is 38.5 Å². The number of carboxylic acids is 3. The number of rotatable bonds is 28. The first-order valence-corrected chi connectivity index (χ1v) is 16.2. The largest absolute Gasteiger partial charge is 0.550 e. The molecule has 3 unspecified atom stereocenters. The third-order valence-corrected chi connectivity index (χ3v) is 8.12. The Kier molecular flexibility index (Phi) is 22.7. The molecule has 0 spiro atoms. The Morgan fingerprint density at radius 2 is 0.950 bits per heavy atom. The van der Waals surface area contributed by atoms with Crippen LogP contribution in [0.1, 0.15) is 137 Å². The first kappa shape index (κ1) is 38.1. The molecule has 0 rings (SSSR count). The summed E-state index contributed by atoms with van der Waals surface area (Å²) in [5.41, 5.74) is 0. The molecule has 0 fully saturated rings. The fourth-order valence-electron chi connectivity index (χ4n) is 5.70. The van der Waals surface area contributed by atoms with E-state index in [9.17, 15) is 29.7 Å². The Hall–Kier alpha value is -1.89. The van der Waals surface area contributed by atoms with Gasteiger partial charge < -0.3 is 24.6 Å². The number of carbonyl (C=O) groups is 3. The Balaban J connectivity index is 4.35. The molecular formula is C33H61NO6. The van der Waals surface area contributed by atoms with Crippen molar-refractivity contribution >= 4 is 17.9 Å². The number of unbranched alkanes of at least 4 members (excludes halogenated alkanes) is 15. The molecule has 3 atom stereocenters. The summed E-state index contributed by atoms with van der Waals surface area (Å²) >= 11 is 0. The van der Waals surface area contributed by atoms with E-state index in [1.807, 2.05) is 0 Å². The lowest BCUT2D eigenvalue weighted by Gasteiger charge is -2.43. The van der Waals surface area contributed by atoms with Crippen molar-refractivity contribution in [1.29, 1.82) is 0 Å². The van der Waals surface area contributed by atoms with Gasteiger partial charge in [0.15, 0.2) is 0 Å². The molecule has 0 bridgehead atoms. The first-order chi connectivity index (χ1) is 19.0. The van der Waals surface area contributed by atoms with Crippen molar-refractivity contribution in [3.63, 3.8) is 0 Å². The summed E-state index contributed by atoms with van der Waals surface area (Å²) < 4.78 is 0.178. The van der Waals surface area contributed by atoms with Crippen LogP contribution in [-0.4, -0.2) is 58.8 Å². The number of hydrogen-bond acceptors (Lipinski definition) is 4. The molecule has 0 aromatic carbocycles. The van der Waals surface area contributed by atoms with Crippen LogP contribution in [-0.2, 0) is 14.4 Å². The lowest BCUT2D eigenvalue weighted by atomic mass is 10.0.